The van der Waals surface area contributed by atoms with E-state index in [1.54, 1.807) is 24.4 Å². The van der Waals surface area contributed by atoms with E-state index < -0.39 is 5.82 Å². The third kappa shape index (κ3) is 4.33. The molecule has 1 aromatic heterocycles. The number of hydrogen-bond acceptors (Lipinski definition) is 4. The van der Waals surface area contributed by atoms with Crippen molar-refractivity contribution in [2.75, 3.05) is 6.54 Å². The maximum absolute atomic E-state index is 14.7. The third-order valence-electron chi connectivity index (χ3n) is 5.37. The molecule has 1 amide bonds. The highest BCUT2D eigenvalue weighted by Crippen LogP contribution is 2.41. The van der Waals surface area contributed by atoms with Gasteiger partial charge in [0.15, 0.2) is 5.78 Å². The van der Waals surface area contributed by atoms with Crippen molar-refractivity contribution in [3.8, 4) is 16.9 Å². The minimum absolute atomic E-state index is 0.127. The average Bonchev–Trinajstić information content (AvgIpc) is 3.15. The van der Waals surface area contributed by atoms with Gasteiger partial charge in [-0.1, -0.05) is 6.07 Å². The van der Waals surface area contributed by atoms with Crippen molar-refractivity contribution in [2.24, 2.45) is 0 Å². The number of nitrogens with zero attached hydrogens (tertiary/aromatic N) is 1. The molecule has 31 heavy (non-hydrogen) atoms. The summed E-state index contributed by atoms with van der Waals surface area (Å²) in [6.07, 6.45) is 1.88. The summed E-state index contributed by atoms with van der Waals surface area (Å²) in [6, 6.07) is 11.7. The number of carbonyl (C=O) groups excluding carboxylic acids is 2. The molecule has 158 valence electrons. The summed E-state index contributed by atoms with van der Waals surface area (Å²) in [5, 5.41) is 2.88. The molecule has 4 rings (SSSR count). The summed E-state index contributed by atoms with van der Waals surface area (Å²) >= 11 is 0. The molecule has 0 fully saturated rings. The summed E-state index contributed by atoms with van der Waals surface area (Å²) in [5.74, 6) is -0.159. The molecule has 2 aromatic carbocycles. The molecule has 5 nitrogen and oxygen atoms in total. The van der Waals surface area contributed by atoms with Crippen molar-refractivity contribution >= 4 is 11.7 Å². The van der Waals surface area contributed by atoms with E-state index in [1.807, 2.05) is 26.0 Å². The lowest BCUT2D eigenvalue weighted by Gasteiger charge is -2.15. The molecule has 0 bridgehead atoms. The van der Waals surface area contributed by atoms with E-state index in [9.17, 15) is 14.0 Å². The number of pyridine rings is 1. The Morgan fingerprint density at radius 1 is 1.10 bits per heavy atom. The van der Waals surface area contributed by atoms with Gasteiger partial charge in [-0.2, -0.15) is 0 Å². The number of hydrogen-bond donors (Lipinski definition) is 1. The van der Waals surface area contributed by atoms with Crippen LogP contribution in [-0.4, -0.2) is 29.3 Å². The Hall–Kier alpha value is -3.54. The zero-order valence-corrected chi connectivity index (χ0v) is 17.7. The Morgan fingerprint density at radius 3 is 2.58 bits per heavy atom. The lowest BCUT2D eigenvalue weighted by atomic mass is 9.95. The maximum atomic E-state index is 14.7. The van der Waals surface area contributed by atoms with Crippen molar-refractivity contribution in [3.05, 3.63) is 82.4 Å². The summed E-state index contributed by atoms with van der Waals surface area (Å²) in [4.78, 5) is 28.3. The van der Waals surface area contributed by atoms with Crippen molar-refractivity contribution in [2.45, 2.75) is 33.3 Å². The molecule has 1 aliphatic rings. The Kier molecular flexibility index (Phi) is 5.55. The van der Waals surface area contributed by atoms with Gasteiger partial charge in [-0.15, -0.1) is 0 Å². The molecular formula is C25H23FN2O3. The van der Waals surface area contributed by atoms with E-state index in [4.69, 9.17) is 4.74 Å². The average molecular weight is 418 g/mol. The van der Waals surface area contributed by atoms with Crippen LogP contribution >= 0.6 is 0 Å². The first kappa shape index (κ1) is 20.7. The van der Waals surface area contributed by atoms with Gasteiger partial charge in [0.1, 0.15) is 17.7 Å². The SMILES string of the molecule is CC(=O)c1ccc(F)c(-c2cc(C)cc3c2OC(CNC(=O)c2ccc(C)nc2)C3)c1. The predicted molar refractivity (Wildman–Crippen MR) is 116 cm³/mol. The van der Waals surface area contributed by atoms with Crippen molar-refractivity contribution in [1.82, 2.24) is 10.3 Å². The topological polar surface area (TPSA) is 68.3 Å². The van der Waals surface area contributed by atoms with Gasteiger partial charge in [-0.05, 0) is 68.3 Å². The second-order valence-electron chi connectivity index (χ2n) is 7.89. The number of halogens is 1. The molecule has 2 heterocycles. The first-order chi connectivity index (χ1) is 14.8. The minimum atomic E-state index is -0.412. The van der Waals surface area contributed by atoms with Crippen LogP contribution in [0.5, 0.6) is 5.75 Å². The van der Waals surface area contributed by atoms with E-state index in [0.717, 1.165) is 16.8 Å². The van der Waals surface area contributed by atoms with Gasteiger partial charge in [0.05, 0.1) is 12.1 Å². The second-order valence-corrected chi connectivity index (χ2v) is 7.89. The number of carbonyl (C=O) groups is 2. The molecule has 1 aliphatic heterocycles. The van der Waals surface area contributed by atoms with Crippen molar-refractivity contribution in [1.29, 1.82) is 0 Å². The predicted octanol–water partition coefficient (Wildman–Crippen LogP) is 4.44. The van der Waals surface area contributed by atoms with Crippen LogP contribution in [0.15, 0.2) is 48.7 Å². The number of rotatable bonds is 5. The third-order valence-corrected chi connectivity index (χ3v) is 5.37. The van der Waals surface area contributed by atoms with E-state index in [2.05, 4.69) is 10.3 Å². The summed E-state index contributed by atoms with van der Waals surface area (Å²) in [5.41, 5.74) is 4.66. The largest absolute Gasteiger partial charge is 0.487 e. The van der Waals surface area contributed by atoms with Gasteiger partial charge in [-0.25, -0.2) is 4.39 Å². The normalized spacial score (nSPS) is 14.6. The van der Waals surface area contributed by atoms with Crippen LogP contribution in [0.3, 0.4) is 0 Å². The smallest absolute Gasteiger partial charge is 0.252 e. The highest BCUT2D eigenvalue weighted by molar-refractivity contribution is 5.96. The molecule has 1 unspecified atom stereocenters. The van der Waals surface area contributed by atoms with Crippen molar-refractivity contribution < 1.29 is 18.7 Å². The molecule has 1 atom stereocenters. The summed E-state index contributed by atoms with van der Waals surface area (Å²) in [6.45, 7) is 5.57. The van der Waals surface area contributed by atoms with E-state index in [-0.39, 0.29) is 17.8 Å². The number of fused-ring (bicyclic) bond motifs is 1. The Balaban J connectivity index is 1.56. The molecule has 3 aromatic rings. The monoisotopic (exact) mass is 418 g/mol. The van der Waals surface area contributed by atoms with Gasteiger partial charge in [0, 0.05) is 35.0 Å². The number of Topliss-reactive ketones (excluding diaryl/α,β-unsaturated/α-hetero) is 1. The van der Waals surface area contributed by atoms with Gasteiger partial charge in [0.2, 0.25) is 0 Å². The van der Waals surface area contributed by atoms with Gasteiger partial charge < -0.3 is 10.1 Å². The Morgan fingerprint density at radius 2 is 1.87 bits per heavy atom. The maximum Gasteiger partial charge on any atom is 0.252 e. The highest BCUT2D eigenvalue weighted by Gasteiger charge is 2.28. The van der Waals surface area contributed by atoms with Crippen LogP contribution in [0.4, 0.5) is 4.39 Å². The van der Waals surface area contributed by atoms with Crippen LogP contribution in [0, 0.1) is 19.7 Å². The van der Waals surface area contributed by atoms with Crippen LogP contribution in [0.25, 0.3) is 11.1 Å². The van der Waals surface area contributed by atoms with Gasteiger partial charge in [-0.3, -0.25) is 14.6 Å². The van der Waals surface area contributed by atoms with Crippen LogP contribution in [0.1, 0.15) is 44.5 Å². The fourth-order valence-electron chi connectivity index (χ4n) is 3.77. The minimum Gasteiger partial charge on any atom is -0.487 e. The molecule has 6 heteroatoms. The van der Waals surface area contributed by atoms with Crippen molar-refractivity contribution in [3.63, 3.8) is 0 Å². The second kappa shape index (κ2) is 8.30. The Labute approximate surface area is 180 Å². The molecule has 0 aliphatic carbocycles. The lowest BCUT2D eigenvalue weighted by Crippen LogP contribution is -2.34. The number of benzene rings is 2. The number of aryl methyl sites for hydroxylation is 2. The molecule has 0 saturated carbocycles. The zero-order valence-electron chi connectivity index (χ0n) is 17.7. The molecule has 1 N–H and O–H groups in total. The first-order valence-electron chi connectivity index (χ1n) is 10.1. The van der Waals surface area contributed by atoms with Gasteiger partial charge >= 0.3 is 0 Å². The van der Waals surface area contributed by atoms with Gasteiger partial charge in [0.25, 0.3) is 5.91 Å². The quantitative estimate of drug-likeness (QED) is 0.622. The number of ether oxygens (including phenoxy) is 1. The fourth-order valence-corrected chi connectivity index (χ4v) is 3.77. The van der Waals surface area contributed by atoms with Crippen LogP contribution in [-0.2, 0) is 6.42 Å². The molecule has 0 saturated heterocycles. The molecule has 0 radical (unpaired) electrons. The fraction of sp³-hybridized carbons (Fsp3) is 0.240. The highest BCUT2D eigenvalue weighted by atomic mass is 19.1. The summed E-state index contributed by atoms with van der Waals surface area (Å²) in [7, 11) is 0. The number of amides is 1. The zero-order chi connectivity index (χ0) is 22.1. The number of nitrogens with one attached hydrogen (secondary N) is 1. The van der Waals surface area contributed by atoms with E-state index in [0.29, 0.717) is 41.0 Å². The lowest BCUT2D eigenvalue weighted by molar-refractivity contribution is 0.0932. The number of ketones is 1. The standard InChI is InChI=1S/C25H23FN2O3/c1-14-8-19-10-20(13-28-25(30)18-5-4-15(2)27-12-18)31-24(19)22(9-14)21-11-17(16(3)29)6-7-23(21)26/h4-9,11-12,20H,10,13H2,1-3H3,(H,28,30). The van der Waals surface area contributed by atoms with Crippen LogP contribution < -0.4 is 10.1 Å². The first-order valence-corrected chi connectivity index (χ1v) is 10.1. The van der Waals surface area contributed by atoms with E-state index >= 15 is 0 Å². The molecular weight excluding hydrogens is 395 g/mol. The summed E-state index contributed by atoms with van der Waals surface area (Å²) < 4.78 is 20.8. The number of aromatic nitrogens is 1. The van der Waals surface area contributed by atoms with Crippen LogP contribution in [0.2, 0.25) is 0 Å². The van der Waals surface area contributed by atoms with E-state index in [1.165, 1.54) is 19.1 Å². The molecule has 0 spiro atoms. The Bertz CT molecular complexity index is 1170.